The molecular weight excluding hydrogens is 517 g/mol. The van der Waals surface area contributed by atoms with Crippen molar-refractivity contribution >= 4 is 62.4 Å². The van der Waals surface area contributed by atoms with Crippen molar-refractivity contribution in [1.29, 1.82) is 0 Å². The molecule has 0 fully saturated rings. The minimum Gasteiger partial charge on any atom is -0.462 e. The van der Waals surface area contributed by atoms with Crippen LogP contribution in [0.4, 0.5) is 10.1 Å². The van der Waals surface area contributed by atoms with E-state index in [-0.39, 0.29) is 30.1 Å². The molecule has 0 atom stereocenters. The molecule has 0 aliphatic heterocycles. The van der Waals surface area contributed by atoms with Crippen molar-refractivity contribution < 1.29 is 19.1 Å². The van der Waals surface area contributed by atoms with Crippen LogP contribution in [-0.2, 0) is 22.4 Å². The highest BCUT2D eigenvalue weighted by molar-refractivity contribution is 8.01. The summed E-state index contributed by atoms with van der Waals surface area (Å²) in [5, 5.41) is 14.7. The number of esters is 1. The van der Waals surface area contributed by atoms with Gasteiger partial charge in [0, 0.05) is 10.4 Å². The van der Waals surface area contributed by atoms with E-state index >= 15 is 0 Å². The van der Waals surface area contributed by atoms with Crippen molar-refractivity contribution in [3.8, 4) is 0 Å². The number of benzene rings is 1. The first-order valence-corrected chi connectivity index (χ1v) is 14.4. The molecular formula is C25H28N4O4S3. The number of amides is 2. The predicted molar refractivity (Wildman–Crippen MR) is 145 cm³/mol. The quantitative estimate of drug-likeness (QED) is 0.163. The molecule has 2 amide bonds. The monoisotopic (exact) mass is 544 g/mol. The molecule has 1 aromatic carbocycles. The lowest BCUT2D eigenvalue weighted by Gasteiger charge is -2.08. The van der Waals surface area contributed by atoms with Gasteiger partial charge in [0.15, 0.2) is 4.34 Å². The normalized spacial score (nSPS) is 13.0. The minimum absolute atomic E-state index is 0.102. The molecule has 0 spiro atoms. The summed E-state index contributed by atoms with van der Waals surface area (Å²) in [6.45, 7) is 6.01. The number of rotatable bonds is 8. The van der Waals surface area contributed by atoms with Crippen molar-refractivity contribution in [3.05, 3.63) is 50.9 Å². The SMILES string of the molecule is CCOC(=O)c1c(NC(=O)CSc2nnc(NC(=O)c3ccc(C)c(C)c3)s2)sc2c1CCCCC2. The maximum absolute atomic E-state index is 12.7. The van der Waals surface area contributed by atoms with Gasteiger partial charge in [-0.25, -0.2) is 4.79 Å². The first-order chi connectivity index (χ1) is 17.4. The molecule has 36 heavy (non-hydrogen) atoms. The summed E-state index contributed by atoms with van der Waals surface area (Å²) in [4.78, 5) is 39.1. The maximum Gasteiger partial charge on any atom is 0.341 e. The standard InChI is InChI=1S/C25H28N4O4S3/c1-4-33-23(32)20-17-8-6-5-7-9-18(17)35-22(20)26-19(30)13-34-25-29-28-24(36-25)27-21(31)16-11-10-14(2)15(3)12-16/h10-12H,4-9,13H2,1-3H3,(H,26,30)(H,27,28,31). The average Bonchev–Trinajstić information content (AvgIpc) is 3.36. The number of hydrogen-bond donors (Lipinski definition) is 2. The van der Waals surface area contributed by atoms with Gasteiger partial charge < -0.3 is 10.1 Å². The van der Waals surface area contributed by atoms with Crippen LogP contribution in [0.15, 0.2) is 22.5 Å². The number of fused-ring (bicyclic) bond motifs is 1. The van der Waals surface area contributed by atoms with E-state index in [1.807, 2.05) is 26.0 Å². The van der Waals surface area contributed by atoms with Gasteiger partial charge in [-0.05, 0) is 75.3 Å². The number of hydrogen-bond acceptors (Lipinski definition) is 9. The Morgan fingerprint density at radius 1 is 1.03 bits per heavy atom. The highest BCUT2D eigenvalue weighted by Gasteiger charge is 2.26. The predicted octanol–water partition coefficient (Wildman–Crippen LogP) is 5.65. The van der Waals surface area contributed by atoms with Crippen LogP contribution in [0.1, 0.15) is 68.5 Å². The van der Waals surface area contributed by atoms with E-state index in [0.29, 0.717) is 25.6 Å². The van der Waals surface area contributed by atoms with E-state index in [1.165, 1.54) is 34.4 Å². The topological polar surface area (TPSA) is 110 Å². The largest absolute Gasteiger partial charge is 0.462 e. The van der Waals surface area contributed by atoms with Crippen LogP contribution in [0.5, 0.6) is 0 Å². The Morgan fingerprint density at radius 2 is 1.83 bits per heavy atom. The van der Waals surface area contributed by atoms with Crippen molar-refractivity contribution in [2.75, 3.05) is 23.0 Å². The molecule has 0 saturated carbocycles. The van der Waals surface area contributed by atoms with E-state index in [4.69, 9.17) is 4.74 Å². The van der Waals surface area contributed by atoms with E-state index in [1.54, 1.807) is 13.0 Å². The smallest absolute Gasteiger partial charge is 0.341 e. The Balaban J connectivity index is 1.37. The fourth-order valence-corrected chi connectivity index (χ4v) is 6.75. The first kappa shape index (κ1) is 26.3. The molecule has 0 radical (unpaired) electrons. The Bertz CT molecular complexity index is 1280. The number of nitrogens with one attached hydrogen (secondary N) is 2. The van der Waals surface area contributed by atoms with Gasteiger partial charge in [0.25, 0.3) is 5.91 Å². The number of aryl methyl sites for hydroxylation is 3. The zero-order chi connectivity index (χ0) is 25.7. The third-order valence-electron chi connectivity index (χ3n) is 5.88. The van der Waals surface area contributed by atoms with Crippen molar-refractivity contribution in [1.82, 2.24) is 10.2 Å². The Labute approximate surface area is 222 Å². The number of anilines is 2. The summed E-state index contributed by atoms with van der Waals surface area (Å²) in [6, 6.07) is 5.51. The Hall–Kier alpha value is -2.76. The second kappa shape index (κ2) is 12.0. The third kappa shape index (κ3) is 6.32. The molecule has 8 nitrogen and oxygen atoms in total. The Kier molecular flexibility index (Phi) is 8.76. The lowest BCUT2D eigenvalue weighted by Crippen LogP contribution is -2.16. The summed E-state index contributed by atoms with van der Waals surface area (Å²) in [5.74, 6) is -0.775. The first-order valence-electron chi connectivity index (χ1n) is 11.8. The third-order valence-corrected chi connectivity index (χ3v) is 9.06. The average molecular weight is 545 g/mol. The van der Waals surface area contributed by atoms with Gasteiger partial charge in [-0.15, -0.1) is 21.5 Å². The highest BCUT2D eigenvalue weighted by Crippen LogP contribution is 2.38. The summed E-state index contributed by atoms with van der Waals surface area (Å²) < 4.78 is 5.85. The fraction of sp³-hybridized carbons (Fsp3) is 0.400. The van der Waals surface area contributed by atoms with Gasteiger partial charge in [-0.1, -0.05) is 35.6 Å². The van der Waals surface area contributed by atoms with Crippen LogP contribution >= 0.6 is 34.4 Å². The number of thioether (sulfide) groups is 1. The Morgan fingerprint density at radius 3 is 2.61 bits per heavy atom. The summed E-state index contributed by atoms with van der Waals surface area (Å²) >= 11 is 3.91. The van der Waals surface area contributed by atoms with Crippen LogP contribution in [0, 0.1) is 13.8 Å². The molecule has 11 heteroatoms. The van der Waals surface area contributed by atoms with Gasteiger partial charge in [-0.3, -0.25) is 14.9 Å². The molecule has 1 aliphatic carbocycles. The van der Waals surface area contributed by atoms with Crippen LogP contribution in [0.2, 0.25) is 0 Å². The van der Waals surface area contributed by atoms with Crippen LogP contribution in [0.25, 0.3) is 0 Å². The molecule has 2 aromatic heterocycles. The molecule has 3 aromatic rings. The minimum atomic E-state index is -0.381. The summed E-state index contributed by atoms with van der Waals surface area (Å²) in [6.07, 6.45) is 4.98. The molecule has 1 aliphatic rings. The van der Waals surface area contributed by atoms with E-state index in [0.717, 1.165) is 53.7 Å². The van der Waals surface area contributed by atoms with Crippen LogP contribution in [-0.4, -0.2) is 40.3 Å². The number of ether oxygens (including phenoxy) is 1. The van der Waals surface area contributed by atoms with Crippen LogP contribution in [0.3, 0.4) is 0 Å². The van der Waals surface area contributed by atoms with Gasteiger partial charge in [-0.2, -0.15) is 0 Å². The van der Waals surface area contributed by atoms with E-state index < -0.39 is 0 Å². The van der Waals surface area contributed by atoms with Gasteiger partial charge >= 0.3 is 5.97 Å². The molecule has 190 valence electrons. The molecule has 4 rings (SSSR count). The van der Waals surface area contributed by atoms with Crippen molar-refractivity contribution in [2.45, 2.75) is 57.2 Å². The van der Waals surface area contributed by atoms with Gasteiger partial charge in [0.05, 0.1) is 17.9 Å². The molecule has 2 heterocycles. The number of aromatic nitrogens is 2. The van der Waals surface area contributed by atoms with E-state index in [2.05, 4.69) is 20.8 Å². The number of nitrogens with zero attached hydrogens (tertiary/aromatic N) is 2. The lowest BCUT2D eigenvalue weighted by atomic mass is 10.1. The highest BCUT2D eigenvalue weighted by atomic mass is 32.2. The van der Waals surface area contributed by atoms with Crippen LogP contribution < -0.4 is 10.6 Å². The van der Waals surface area contributed by atoms with E-state index in [9.17, 15) is 14.4 Å². The number of thiophene rings is 1. The van der Waals surface area contributed by atoms with Crippen molar-refractivity contribution in [3.63, 3.8) is 0 Å². The van der Waals surface area contributed by atoms with Gasteiger partial charge in [0.2, 0.25) is 11.0 Å². The zero-order valence-electron chi connectivity index (χ0n) is 20.4. The molecule has 0 bridgehead atoms. The molecule has 0 unspecified atom stereocenters. The maximum atomic E-state index is 12.7. The number of carbonyl (C=O) groups is 3. The second-order valence-electron chi connectivity index (χ2n) is 8.45. The van der Waals surface area contributed by atoms with Crippen molar-refractivity contribution in [2.24, 2.45) is 0 Å². The summed E-state index contributed by atoms with van der Waals surface area (Å²) in [7, 11) is 0. The molecule has 2 N–H and O–H groups in total. The fourth-order valence-electron chi connectivity index (χ4n) is 3.91. The lowest BCUT2D eigenvalue weighted by molar-refractivity contribution is -0.113. The zero-order valence-corrected chi connectivity index (χ0v) is 22.9. The molecule has 0 saturated heterocycles. The second-order valence-corrected chi connectivity index (χ2v) is 11.8. The summed E-state index contributed by atoms with van der Waals surface area (Å²) in [5.41, 5.74) is 4.23. The number of carbonyl (C=O) groups excluding carboxylic acids is 3. The van der Waals surface area contributed by atoms with Gasteiger partial charge in [0.1, 0.15) is 5.00 Å².